The molecule has 0 unspecified atom stereocenters. The highest BCUT2D eigenvalue weighted by Crippen LogP contribution is 2.11. The number of nitrogens with one attached hydrogen (secondary N) is 2. The molecule has 7 heteroatoms. The van der Waals surface area contributed by atoms with Crippen LogP contribution in [-0.4, -0.2) is 58.2 Å². The molecule has 0 spiro atoms. The van der Waals surface area contributed by atoms with E-state index in [1.54, 1.807) is 0 Å². The highest BCUT2D eigenvalue weighted by atomic mass is 32.2. The van der Waals surface area contributed by atoms with Crippen molar-refractivity contribution in [2.24, 2.45) is 5.92 Å². The Morgan fingerprint density at radius 3 is 2.78 bits per heavy atom. The Kier molecular flexibility index (Phi) is 4.58. The second-order valence-electron chi connectivity index (χ2n) is 5.03. The molecule has 0 aromatic rings. The Balaban J connectivity index is 1.60. The highest BCUT2D eigenvalue weighted by molar-refractivity contribution is 7.91. The van der Waals surface area contributed by atoms with E-state index in [-0.39, 0.29) is 30.0 Å². The molecule has 0 bridgehead atoms. The van der Waals surface area contributed by atoms with Gasteiger partial charge in [0.15, 0.2) is 9.84 Å². The smallest absolute Gasteiger partial charge is 0.234 e. The molecular formula is C11H20N2O4S. The molecule has 0 aliphatic carbocycles. The minimum Gasteiger partial charge on any atom is -0.381 e. The molecule has 2 atom stereocenters. The summed E-state index contributed by atoms with van der Waals surface area (Å²) >= 11 is 0. The van der Waals surface area contributed by atoms with Gasteiger partial charge in [0.05, 0.1) is 24.7 Å². The van der Waals surface area contributed by atoms with Crippen LogP contribution < -0.4 is 10.6 Å². The van der Waals surface area contributed by atoms with Crippen LogP contribution in [0, 0.1) is 5.92 Å². The maximum Gasteiger partial charge on any atom is 0.234 e. The Morgan fingerprint density at radius 1 is 1.33 bits per heavy atom. The lowest BCUT2D eigenvalue weighted by Crippen LogP contribution is -2.42. The van der Waals surface area contributed by atoms with Crippen molar-refractivity contribution in [1.82, 2.24) is 10.6 Å². The van der Waals surface area contributed by atoms with E-state index < -0.39 is 9.84 Å². The lowest BCUT2D eigenvalue weighted by molar-refractivity contribution is -0.120. The van der Waals surface area contributed by atoms with Gasteiger partial charge in [-0.15, -0.1) is 0 Å². The monoisotopic (exact) mass is 276 g/mol. The normalized spacial score (nSPS) is 30.4. The van der Waals surface area contributed by atoms with Gasteiger partial charge in [-0.1, -0.05) is 0 Å². The van der Waals surface area contributed by atoms with Crippen LogP contribution in [0.4, 0.5) is 0 Å². The molecule has 18 heavy (non-hydrogen) atoms. The molecule has 6 nitrogen and oxygen atoms in total. The van der Waals surface area contributed by atoms with E-state index in [4.69, 9.17) is 4.74 Å². The number of carbonyl (C=O) groups excluding carboxylic acids is 1. The number of hydrogen-bond donors (Lipinski definition) is 2. The molecule has 2 heterocycles. The van der Waals surface area contributed by atoms with Crippen molar-refractivity contribution >= 4 is 15.7 Å². The zero-order chi connectivity index (χ0) is 13.0. The molecule has 0 saturated carbocycles. The molecule has 1 amide bonds. The predicted molar refractivity (Wildman–Crippen MR) is 67.0 cm³/mol. The summed E-state index contributed by atoms with van der Waals surface area (Å²) in [5.41, 5.74) is 0. The minimum atomic E-state index is -2.93. The van der Waals surface area contributed by atoms with Crippen LogP contribution in [0.1, 0.15) is 12.8 Å². The first-order valence-electron chi connectivity index (χ1n) is 6.33. The zero-order valence-corrected chi connectivity index (χ0v) is 11.2. The van der Waals surface area contributed by atoms with Crippen molar-refractivity contribution in [3.8, 4) is 0 Å². The maximum absolute atomic E-state index is 11.6. The molecule has 2 rings (SSSR count). The van der Waals surface area contributed by atoms with E-state index in [0.717, 1.165) is 26.2 Å². The van der Waals surface area contributed by atoms with Gasteiger partial charge in [-0.25, -0.2) is 8.42 Å². The van der Waals surface area contributed by atoms with Gasteiger partial charge in [0, 0.05) is 19.2 Å². The molecule has 2 aliphatic rings. The minimum absolute atomic E-state index is 0.0786. The average molecular weight is 276 g/mol. The summed E-state index contributed by atoms with van der Waals surface area (Å²) in [5, 5.41) is 5.83. The summed E-state index contributed by atoms with van der Waals surface area (Å²) in [5.74, 6) is 0.626. The summed E-state index contributed by atoms with van der Waals surface area (Å²) in [6.07, 6.45) is 1.57. The van der Waals surface area contributed by atoms with Crippen molar-refractivity contribution in [2.45, 2.75) is 18.9 Å². The first kappa shape index (κ1) is 13.8. The first-order valence-corrected chi connectivity index (χ1v) is 8.15. The van der Waals surface area contributed by atoms with Gasteiger partial charge in [-0.2, -0.15) is 0 Å². The van der Waals surface area contributed by atoms with Crippen molar-refractivity contribution in [3.63, 3.8) is 0 Å². The summed E-state index contributed by atoms with van der Waals surface area (Å²) < 4.78 is 27.7. The fourth-order valence-electron chi connectivity index (χ4n) is 2.32. The van der Waals surface area contributed by atoms with E-state index in [2.05, 4.69) is 10.6 Å². The largest absolute Gasteiger partial charge is 0.381 e. The summed E-state index contributed by atoms with van der Waals surface area (Å²) in [6.45, 7) is 2.58. The van der Waals surface area contributed by atoms with Crippen LogP contribution in [0.2, 0.25) is 0 Å². The second-order valence-corrected chi connectivity index (χ2v) is 7.26. The molecule has 2 aliphatic heterocycles. The summed E-state index contributed by atoms with van der Waals surface area (Å²) in [6, 6.07) is -0.209. The first-order chi connectivity index (χ1) is 8.55. The second kappa shape index (κ2) is 5.99. The van der Waals surface area contributed by atoms with Crippen LogP contribution in [0.3, 0.4) is 0 Å². The van der Waals surface area contributed by atoms with Gasteiger partial charge in [0.1, 0.15) is 0 Å². The van der Waals surface area contributed by atoms with Crippen molar-refractivity contribution in [3.05, 3.63) is 0 Å². The van der Waals surface area contributed by atoms with Crippen LogP contribution >= 0.6 is 0 Å². The lowest BCUT2D eigenvalue weighted by atomic mass is 10.1. The van der Waals surface area contributed by atoms with E-state index in [9.17, 15) is 13.2 Å². The van der Waals surface area contributed by atoms with Gasteiger partial charge in [0.2, 0.25) is 5.91 Å². The summed E-state index contributed by atoms with van der Waals surface area (Å²) in [7, 11) is -2.93. The quantitative estimate of drug-likeness (QED) is 0.667. The van der Waals surface area contributed by atoms with Gasteiger partial charge in [0.25, 0.3) is 0 Å². The van der Waals surface area contributed by atoms with Crippen molar-refractivity contribution < 1.29 is 17.9 Å². The van der Waals surface area contributed by atoms with E-state index >= 15 is 0 Å². The molecule has 104 valence electrons. The van der Waals surface area contributed by atoms with E-state index in [1.165, 1.54) is 0 Å². The van der Waals surface area contributed by atoms with Crippen molar-refractivity contribution in [1.29, 1.82) is 0 Å². The molecular weight excluding hydrogens is 256 g/mol. The van der Waals surface area contributed by atoms with Crippen LogP contribution in [0.5, 0.6) is 0 Å². The van der Waals surface area contributed by atoms with E-state index in [1.807, 2.05) is 0 Å². The molecule has 0 aromatic heterocycles. The third-order valence-corrected chi connectivity index (χ3v) is 5.11. The Bertz CT molecular complexity index is 390. The average Bonchev–Trinajstić information content (AvgIpc) is 2.88. The number of rotatable bonds is 5. The fourth-order valence-corrected chi connectivity index (χ4v) is 4.00. The number of ether oxygens (including phenoxy) is 1. The Morgan fingerprint density at radius 2 is 2.17 bits per heavy atom. The van der Waals surface area contributed by atoms with Crippen LogP contribution in [0.15, 0.2) is 0 Å². The fraction of sp³-hybridized carbons (Fsp3) is 0.909. The highest BCUT2D eigenvalue weighted by Gasteiger charge is 2.28. The molecule has 2 fully saturated rings. The van der Waals surface area contributed by atoms with Crippen LogP contribution in [-0.2, 0) is 19.4 Å². The molecule has 0 radical (unpaired) electrons. The summed E-state index contributed by atoms with van der Waals surface area (Å²) in [4.78, 5) is 11.6. The van der Waals surface area contributed by atoms with Gasteiger partial charge >= 0.3 is 0 Å². The molecule has 2 N–H and O–H groups in total. The SMILES string of the molecule is O=C(CNC[C@@H]1CCOC1)N[C@H]1CCS(=O)(=O)C1. The Hall–Kier alpha value is -0.660. The zero-order valence-electron chi connectivity index (χ0n) is 10.4. The third-order valence-electron chi connectivity index (χ3n) is 3.34. The standard InChI is InChI=1S/C11H20N2O4S/c14-11(6-12-5-9-1-3-17-7-9)13-10-2-4-18(15,16)8-10/h9-10,12H,1-8H2,(H,13,14)/t9-,10-/m0/s1. The number of sulfone groups is 1. The van der Waals surface area contributed by atoms with Crippen LogP contribution in [0.25, 0.3) is 0 Å². The van der Waals surface area contributed by atoms with E-state index in [0.29, 0.717) is 12.3 Å². The lowest BCUT2D eigenvalue weighted by Gasteiger charge is -2.12. The number of hydrogen-bond acceptors (Lipinski definition) is 5. The van der Waals surface area contributed by atoms with Gasteiger partial charge in [-0.05, 0) is 18.8 Å². The topological polar surface area (TPSA) is 84.5 Å². The maximum atomic E-state index is 11.6. The number of amides is 1. The predicted octanol–water partition coefficient (Wildman–Crippen LogP) is -1.08. The molecule has 0 aromatic carbocycles. The van der Waals surface area contributed by atoms with Crippen molar-refractivity contribution in [2.75, 3.05) is 37.8 Å². The van der Waals surface area contributed by atoms with Gasteiger partial charge < -0.3 is 15.4 Å². The third kappa shape index (κ3) is 4.22. The molecule has 2 saturated heterocycles. The number of carbonyl (C=O) groups is 1. The Labute approximate surface area is 107 Å². The van der Waals surface area contributed by atoms with Gasteiger partial charge in [-0.3, -0.25) is 4.79 Å².